The quantitative estimate of drug-likeness (QED) is 0.416. The van der Waals surface area contributed by atoms with Crippen molar-refractivity contribution in [2.75, 3.05) is 0 Å². The maximum absolute atomic E-state index is 5.01. The lowest BCUT2D eigenvalue weighted by Gasteiger charge is -1.89. The fourth-order valence-corrected chi connectivity index (χ4v) is 0.625. The van der Waals surface area contributed by atoms with E-state index in [9.17, 15) is 0 Å². The molecular weight excluding hydrogens is 124 g/mol. The standard InChI is InChI=1S/C8H8N2/c1-7-2-3-8(4-5-9)6-10-7/h2-3,6H,9H2,1H3. The number of aromatic nitrogens is 1. The maximum atomic E-state index is 5.01. The topological polar surface area (TPSA) is 38.9 Å². The number of nitrogens with two attached hydrogens (primary N) is 1. The molecule has 1 rings (SSSR count). The minimum absolute atomic E-state index is 0.855. The molecule has 0 radical (unpaired) electrons. The second-order valence-corrected chi connectivity index (χ2v) is 1.96. The molecule has 0 saturated heterocycles. The van der Waals surface area contributed by atoms with Crippen molar-refractivity contribution in [3.05, 3.63) is 29.6 Å². The molecule has 0 fully saturated rings. The Morgan fingerprint density at radius 2 is 2.30 bits per heavy atom. The molecule has 1 heterocycles. The third-order valence-electron chi connectivity index (χ3n) is 1.13. The fourth-order valence-electron chi connectivity index (χ4n) is 0.625. The summed E-state index contributed by atoms with van der Waals surface area (Å²) in [5, 5.41) is 0. The lowest BCUT2D eigenvalue weighted by atomic mass is 10.3. The zero-order valence-electron chi connectivity index (χ0n) is 5.76. The number of hydrogen-bond donors (Lipinski definition) is 1. The van der Waals surface area contributed by atoms with Crippen LogP contribution in [-0.2, 0) is 0 Å². The van der Waals surface area contributed by atoms with Gasteiger partial charge in [0, 0.05) is 23.5 Å². The lowest BCUT2D eigenvalue weighted by Crippen LogP contribution is -1.83. The van der Waals surface area contributed by atoms with Gasteiger partial charge in [0.15, 0.2) is 0 Å². The van der Waals surface area contributed by atoms with Crippen molar-refractivity contribution >= 4 is 0 Å². The Balaban J connectivity index is 2.97. The summed E-state index contributed by atoms with van der Waals surface area (Å²) in [6.07, 6.45) is 1.70. The normalized spacial score (nSPS) is 8.10. The second kappa shape index (κ2) is 2.88. The van der Waals surface area contributed by atoms with Crippen molar-refractivity contribution in [3.63, 3.8) is 0 Å². The molecule has 50 valence electrons. The van der Waals surface area contributed by atoms with Gasteiger partial charge in [-0.15, -0.1) is 0 Å². The molecule has 2 nitrogen and oxygen atoms in total. The third kappa shape index (κ3) is 1.49. The molecule has 2 heteroatoms. The smallest absolute Gasteiger partial charge is 0.0447 e. The molecule has 0 aliphatic rings. The van der Waals surface area contributed by atoms with Crippen molar-refractivity contribution in [2.45, 2.75) is 6.92 Å². The van der Waals surface area contributed by atoms with Gasteiger partial charge in [0.25, 0.3) is 0 Å². The van der Waals surface area contributed by atoms with Crippen LogP contribution in [0, 0.1) is 18.9 Å². The molecular formula is C8H8N2. The number of rotatable bonds is 0. The molecule has 0 bridgehead atoms. The molecule has 2 N–H and O–H groups in total. The van der Waals surface area contributed by atoms with Gasteiger partial charge in [0.1, 0.15) is 0 Å². The van der Waals surface area contributed by atoms with E-state index in [2.05, 4.69) is 16.9 Å². The van der Waals surface area contributed by atoms with E-state index in [-0.39, 0.29) is 0 Å². The van der Waals surface area contributed by atoms with Crippen LogP contribution in [0.3, 0.4) is 0 Å². The predicted octanol–water partition coefficient (Wildman–Crippen LogP) is 0.658. The van der Waals surface area contributed by atoms with Crippen molar-refractivity contribution in [1.82, 2.24) is 4.98 Å². The summed E-state index contributed by atoms with van der Waals surface area (Å²) < 4.78 is 0. The Morgan fingerprint density at radius 1 is 1.50 bits per heavy atom. The highest BCUT2D eigenvalue weighted by Crippen LogP contribution is 1.95. The zero-order chi connectivity index (χ0) is 7.40. The number of pyridine rings is 1. The van der Waals surface area contributed by atoms with Crippen LogP contribution in [0.15, 0.2) is 18.3 Å². The molecule has 0 aliphatic carbocycles. The molecule has 0 amide bonds. The Bertz CT molecular complexity index is 264. The average molecular weight is 132 g/mol. The third-order valence-corrected chi connectivity index (χ3v) is 1.13. The minimum Gasteiger partial charge on any atom is -0.359 e. The fraction of sp³-hybridized carbons (Fsp3) is 0.125. The lowest BCUT2D eigenvalue weighted by molar-refractivity contribution is 1.19. The maximum Gasteiger partial charge on any atom is 0.0447 e. The zero-order valence-corrected chi connectivity index (χ0v) is 5.76. The van der Waals surface area contributed by atoms with E-state index in [0.717, 1.165) is 11.3 Å². The SMILES string of the molecule is Cc1ccc(C#CN)cn1. The van der Waals surface area contributed by atoms with E-state index in [1.807, 2.05) is 19.1 Å². The van der Waals surface area contributed by atoms with Crippen LogP contribution >= 0.6 is 0 Å². The highest BCUT2D eigenvalue weighted by atomic mass is 14.6. The number of aryl methyl sites for hydroxylation is 1. The van der Waals surface area contributed by atoms with Crippen LogP contribution in [0.2, 0.25) is 0 Å². The van der Waals surface area contributed by atoms with Gasteiger partial charge in [-0.2, -0.15) is 0 Å². The van der Waals surface area contributed by atoms with E-state index in [4.69, 9.17) is 5.73 Å². The second-order valence-electron chi connectivity index (χ2n) is 1.96. The van der Waals surface area contributed by atoms with Gasteiger partial charge in [-0.1, -0.05) is 0 Å². The van der Waals surface area contributed by atoms with Crippen molar-refractivity contribution in [2.24, 2.45) is 5.73 Å². The summed E-state index contributed by atoms with van der Waals surface area (Å²) in [5.74, 6) is 2.70. The largest absolute Gasteiger partial charge is 0.359 e. The van der Waals surface area contributed by atoms with Crippen LogP contribution in [0.4, 0.5) is 0 Å². The summed E-state index contributed by atoms with van der Waals surface area (Å²) in [5.41, 5.74) is 6.85. The summed E-state index contributed by atoms with van der Waals surface area (Å²) in [6, 6.07) is 6.11. The highest BCUT2D eigenvalue weighted by molar-refractivity contribution is 5.31. The van der Waals surface area contributed by atoms with E-state index in [1.54, 1.807) is 6.20 Å². The first-order valence-corrected chi connectivity index (χ1v) is 2.97. The molecule has 0 atom stereocenters. The monoisotopic (exact) mass is 132 g/mol. The van der Waals surface area contributed by atoms with Crippen LogP contribution in [0.25, 0.3) is 0 Å². The summed E-state index contributed by atoms with van der Waals surface area (Å²) in [6.45, 7) is 1.93. The first-order valence-electron chi connectivity index (χ1n) is 2.97. The Morgan fingerprint density at radius 3 is 2.80 bits per heavy atom. The van der Waals surface area contributed by atoms with Crippen molar-refractivity contribution in [1.29, 1.82) is 0 Å². The van der Waals surface area contributed by atoms with Crippen LogP contribution in [0.5, 0.6) is 0 Å². The molecule has 0 aromatic carbocycles. The Hall–Kier alpha value is -1.49. The van der Waals surface area contributed by atoms with E-state index >= 15 is 0 Å². The number of nitrogens with zero attached hydrogens (tertiary/aromatic N) is 1. The molecule has 1 aromatic heterocycles. The molecule has 0 unspecified atom stereocenters. The summed E-state index contributed by atoms with van der Waals surface area (Å²) in [7, 11) is 0. The van der Waals surface area contributed by atoms with E-state index < -0.39 is 0 Å². The molecule has 0 aliphatic heterocycles. The minimum atomic E-state index is 0.855. The van der Waals surface area contributed by atoms with E-state index in [1.165, 1.54) is 0 Å². The van der Waals surface area contributed by atoms with Gasteiger partial charge in [-0.05, 0) is 25.0 Å². The first-order chi connectivity index (χ1) is 4.83. The van der Waals surface area contributed by atoms with Gasteiger partial charge < -0.3 is 5.73 Å². The molecule has 10 heavy (non-hydrogen) atoms. The highest BCUT2D eigenvalue weighted by Gasteiger charge is 1.85. The van der Waals surface area contributed by atoms with Gasteiger partial charge in [0.2, 0.25) is 0 Å². The molecule has 0 saturated carbocycles. The summed E-state index contributed by atoms with van der Waals surface area (Å²) >= 11 is 0. The van der Waals surface area contributed by atoms with Crippen LogP contribution < -0.4 is 5.73 Å². The Labute approximate surface area is 60.1 Å². The average Bonchev–Trinajstić information content (AvgIpc) is 1.95. The predicted molar refractivity (Wildman–Crippen MR) is 40.0 cm³/mol. The Kier molecular flexibility index (Phi) is 1.91. The van der Waals surface area contributed by atoms with Gasteiger partial charge in [-0.25, -0.2) is 0 Å². The number of hydrogen-bond acceptors (Lipinski definition) is 2. The van der Waals surface area contributed by atoms with Crippen LogP contribution in [0.1, 0.15) is 11.3 Å². The van der Waals surface area contributed by atoms with Gasteiger partial charge in [-0.3, -0.25) is 4.98 Å². The first kappa shape index (κ1) is 6.63. The van der Waals surface area contributed by atoms with E-state index in [0.29, 0.717) is 0 Å². The van der Waals surface area contributed by atoms with Crippen molar-refractivity contribution in [3.8, 4) is 12.0 Å². The molecule has 0 spiro atoms. The molecule has 1 aromatic rings. The van der Waals surface area contributed by atoms with Crippen LogP contribution in [-0.4, -0.2) is 4.98 Å². The van der Waals surface area contributed by atoms with Gasteiger partial charge >= 0.3 is 0 Å². The summed E-state index contributed by atoms with van der Waals surface area (Å²) in [4.78, 5) is 4.04. The van der Waals surface area contributed by atoms with Gasteiger partial charge in [0.05, 0.1) is 0 Å². The van der Waals surface area contributed by atoms with Crippen molar-refractivity contribution < 1.29 is 0 Å².